The summed E-state index contributed by atoms with van der Waals surface area (Å²) in [6.07, 6.45) is 2.72. The fraction of sp³-hybridized carbons (Fsp3) is 0.524. The van der Waals surface area contributed by atoms with E-state index in [2.05, 4.69) is 6.92 Å². The summed E-state index contributed by atoms with van der Waals surface area (Å²) in [4.78, 5) is 29.6. The number of carbonyl (C=O) groups is 2. The molecule has 2 aliphatic heterocycles. The van der Waals surface area contributed by atoms with Crippen molar-refractivity contribution in [2.24, 2.45) is 5.92 Å². The van der Waals surface area contributed by atoms with Crippen molar-refractivity contribution in [2.75, 3.05) is 32.8 Å². The van der Waals surface area contributed by atoms with E-state index in [4.69, 9.17) is 4.74 Å². The highest BCUT2D eigenvalue weighted by Crippen LogP contribution is 2.34. The number of amides is 2. The Hall–Kier alpha value is -2.21. The number of benzene rings is 1. The summed E-state index contributed by atoms with van der Waals surface area (Å²) in [6, 6.07) is 5.81. The monoisotopic (exact) mass is 374 g/mol. The van der Waals surface area contributed by atoms with Gasteiger partial charge in [0.25, 0.3) is 11.8 Å². The van der Waals surface area contributed by atoms with Crippen molar-refractivity contribution in [1.82, 2.24) is 9.80 Å². The Labute approximate surface area is 159 Å². The maximum Gasteiger partial charge on any atom is 0.277 e. The van der Waals surface area contributed by atoms with Crippen molar-refractivity contribution in [1.29, 1.82) is 0 Å². The summed E-state index contributed by atoms with van der Waals surface area (Å²) in [5, 5.41) is 0. The number of ether oxygens (including phenoxy) is 1. The standard InChI is InChI=1S/C21H27FN2O3/c1-3-27-13-5-12-24-20(25)18(16-7-9-17(22)10-8-16)19(21(24)26)23-11-4-6-15(2)14-23/h7-10,15H,3-6,11-14H2,1-2H3. The summed E-state index contributed by atoms with van der Waals surface area (Å²) in [5.41, 5.74) is 1.45. The number of carbonyl (C=O) groups excluding carboxylic acids is 2. The smallest absolute Gasteiger partial charge is 0.277 e. The minimum Gasteiger partial charge on any atom is -0.382 e. The lowest BCUT2D eigenvalue weighted by Gasteiger charge is -2.33. The number of hydrogen-bond acceptors (Lipinski definition) is 4. The van der Waals surface area contributed by atoms with Crippen LogP contribution in [-0.2, 0) is 14.3 Å². The van der Waals surface area contributed by atoms with E-state index in [1.165, 1.54) is 17.0 Å². The van der Waals surface area contributed by atoms with E-state index in [-0.39, 0.29) is 17.6 Å². The first kappa shape index (κ1) is 19.5. The molecule has 1 unspecified atom stereocenters. The Kier molecular flexibility index (Phi) is 6.26. The lowest BCUT2D eigenvalue weighted by molar-refractivity contribution is -0.137. The summed E-state index contributed by atoms with van der Waals surface area (Å²) >= 11 is 0. The van der Waals surface area contributed by atoms with E-state index >= 15 is 0 Å². The van der Waals surface area contributed by atoms with Crippen LogP contribution in [0.4, 0.5) is 4.39 Å². The number of nitrogens with zero attached hydrogens (tertiary/aromatic N) is 2. The van der Waals surface area contributed by atoms with Crippen LogP contribution in [0, 0.1) is 11.7 Å². The van der Waals surface area contributed by atoms with Gasteiger partial charge in [-0.25, -0.2) is 4.39 Å². The highest BCUT2D eigenvalue weighted by molar-refractivity contribution is 6.35. The molecular formula is C21H27FN2O3. The predicted octanol–water partition coefficient (Wildman–Crippen LogP) is 3.06. The normalized spacial score (nSPS) is 20.8. The van der Waals surface area contributed by atoms with E-state index in [0.29, 0.717) is 48.9 Å². The minimum absolute atomic E-state index is 0.245. The second-order valence-electron chi connectivity index (χ2n) is 7.24. The minimum atomic E-state index is -0.363. The highest BCUT2D eigenvalue weighted by atomic mass is 19.1. The molecule has 2 amide bonds. The molecule has 1 atom stereocenters. The molecule has 1 fully saturated rings. The Morgan fingerprint density at radius 1 is 1.19 bits per heavy atom. The molecule has 0 spiro atoms. The first-order valence-electron chi connectivity index (χ1n) is 9.72. The third kappa shape index (κ3) is 4.21. The maximum absolute atomic E-state index is 13.4. The molecule has 1 aromatic carbocycles. The van der Waals surface area contributed by atoms with Gasteiger partial charge in [-0.3, -0.25) is 14.5 Å². The van der Waals surface area contributed by atoms with Crippen molar-refractivity contribution in [3.8, 4) is 0 Å². The molecule has 2 aliphatic rings. The van der Waals surface area contributed by atoms with E-state index in [9.17, 15) is 14.0 Å². The Balaban J connectivity index is 1.92. The number of likely N-dealkylation sites (tertiary alicyclic amines) is 1. The van der Waals surface area contributed by atoms with Gasteiger partial charge in [-0.2, -0.15) is 0 Å². The van der Waals surface area contributed by atoms with Crippen LogP contribution < -0.4 is 0 Å². The van der Waals surface area contributed by atoms with Gasteiger partial charge in [0.05, 0.1) is 5.57 Å². The van der Waals surface area contributed by atoms with E-state index in [0.717, 1.165) is 25.9 Å². The molecule has 0 aliphatic carbocycles. The molecule has 5 nitrogen and oxygen atoms in total. The molecule has 6 heteroatoms. The van der Waals surface area contributed by atoms with Crippen LogP contribution >= 0.6 is 0 Å². The number of piperidine rings is 1. The quantitative estimate of drug-likeness (QED) is 0.544. The largest absolute Gasteiger partial charge is 0.382 e. The van der Waals surface area contributed by atoms with Crippen LogP contribution in [0.1, 0.15) is 38.7 Å². The molecule has 0 N–H and O–H groups in total. The van der Waals surface area contributed by atoms with Crippen molar-refractivity contribution in [3.63, 3.8) is 0 Å². The van der Waals surface area contributed by atoms with Gasteiger partial charge in [-0.1, -0.05) is 19.1 Å². The summed E-state index contributed by atoms with van der Waals surface area (Å²) < 4.78 is 18.7. The second kappa shape index (κ2) is 8.65. The zero-order chi connectivity index (χ0) is 19.4. The van der Waals surface area contributed by atoms with Gasteiger partial charge in [0.2, 0.25) is 0 Å². The Bertz CT molecular complexity index is 729. The number of imide groups is 1. The molecule has 0 aromatic heterocycles. The molecule has 27 heavy (non-hydrogen) atoms. The average molecular weight is 374 g/mol. The van der Waals surface area contributed by atoms with Gasteiger partial charge in [-0.15, -0.1) is 0 Å². The molecule has 1 aromatic rings. The zero-order valence-corrected chi connectivity index (χ0v) is 16.0. The SMILES string of the molecule is CCOCCCN1C(=O)C(c2ccc(F)cc2)=C(N2CCCC(C)C2)C1=O. The van der Waals surface area contributed by atoms with Crippen LogP contribution in [0.2, 0.25) is 0 Å². The molecule has 146 valence electrons. The van der Waals surface area contributed by atoms with Crippen molar-refractivity contribution in [3.05, 3.63) is 41.3 Å². The van der Waals surface area contributed by atoms with Crippen LogP contribution in [0.25, 0.3) is 5.57 Å². The molecule has 0 saturated carbocycles. The Morgan fingerprint density at radius 2 is 1.93 bits per heavy atom. The van der Waals surface area contributed by atoms with Gasteiger partial charge >= 0.3 is 0 Å². The lowest BCUT2D eigenvalue weighted by Crippen LogP contribution is -2.39. The van der Waals surface area contributed by atoms with Gasteiger partial charge in [0.15, 0.2) is 0 Å². The highest BCUT2D eigenvalue weighted by Gasteiger charge is 2.41. The van der Waals surface area contributed by atoms with Gasteiger partial charge in [0.1, 0.15) is 11.5 Å². The topological polar surface area (TPSA) is 49.9 Å². The fourth-order valence-electron chi connectivity index (χ4n) is 3.80. The number of hydrogen-bond donors (Lipinski definition) is 0. The van der Waals surface area contributed by atoms with E-state index < -0.39 is 0 Å². The van der Waals surface area contributed by atoms with Gasteiger partial charge < -0.3 is 9.64 Å². The van der Waals surface area contributed by atoms with Crippen molar-refractivity contribution in [2.45, 2.75) is 33.1 Å². The average Bonchev–Trinajstić information content (AvgIpc) is 2.90. The summed E-state index contributed by atoms with van der Waals surface area (Å²) in [5.74, 6) is -0.435. The zero-order valence-electron chi connectivity index (χ0n) is 16.0. The summed E-state index contributed by atoms with van der Waals surface area (Å²) in [6.45, 7) is 7.03. The molecule has 1 saturated heterocycles. The fourth-order valence-corrected chi connectivity index (χ4v) is 3.80. The third-order valence-electron chi connectivity index (χ3n) is 5.12. The van der Waals surface area contributed by atoms with E-state index in [1.54, 1.807) is 12.1 Å². The molecule has 2 heterocycles. The van der Waals surface area contributed by atoms with Crippen LogP contribution in [-0.4, -0.2) is 54.5 Å². The Morgan fingerprint density at radius 3 is 2.59 bits per heavy atom. The second-order valence-corrected chi connectivity index (χ2v) is 7.24. The number of rotatable bonds is 7. The van der Waals surface area contributed by atoms with E-state index in [1.807, 2.05) is 11.8 Å². The van der Waals surface area contributed by atoms with Gasteiger partial charge in [0, 0.05) is 32.8 Å². The van der Waals surface area contributed by atoms with Crippen molar-refractivity contribution >= 4 is 17.4 Å². The number of halogens is 1. The predicted molar refractivity (Wildman–Crippen MR) is 101 cm³/mol. The third-order valence-corrected chi connectivity index (χ3v) is 5.12. The van der Waals surface area contributed by atoms with Crippen LogP contribution in [0.3, 0.4) is 0 Å². The van der Waals surface area contributed by atoms with Crippen LogP contribution in [0.15, 0.2) is 30.0 Å². The molecular weight excluding hydrogens is 347 g/mol. The first-order valence-corrected chi connectivity index (χ1v) is 9.72. The molecule has 3 rings (SSSR count). The molecule has 0 radical (unpaired) electrons. The first-order chi connectivity index (χ1) is 13.0. The molecule has 0 bridgehead atoms. The van der Waals surface area contributed by atoms with Crippen molar-refractivity contribution < 1.29 is 18.7 Å². The maximum atomic E-state index is 13.4. The lowest BCUT2D eigenvalue weighted by atomic mass is 9.98. The van der Waals surface area contributed by atoms with Gasteiger partial charge in [-0.05, 0) is 49.8 Å². The summed E-state index contributed by atoms with van der Waals surface area (Å²) in [7, 11) is 0. The van der Waals surface area contributed by atoms with Crippen LogP contribution in [0.5, 0.6) is 0 Å².